The van der Waals surface area contributed by atoms with E-state index in [1.807, 2.05) is 23.7 Å². The van der Waals surface area contributed by atoms with Crippen LogP contribution in [0.3, 0.4) is 0 Å². The van der Waals surface area contributed by atoms with Crippen LogP contribution in [0.2, 0.25) is 5.02 Å². The number of aromatic amines is 1. The highest BCUT2D eigenvalue weighted by molar-refractivity contribution is 6.35. The molecule has 1 amide bonds. The van der Waals surface area contributed by atoms with Crippen LogP contribution < -0.4 is 5.73 Å². The first kappa shape index (κ1) is 14.3. The number of hydrogen-bond acceptors (Lipinski definition) is 3. The summed E-state index contributed by atoms with van der Waals surface area (Å²) in [6.45, 7) is 2.72. The van der Waals surface area contributed by atoms with E-state index in [9.17, 15) is 4.79 Å². The van der Waals surface area contributed by atoms with Crippen molar-refractivity contribution in [3.05, 3.63) is 34.1 Å². The van der Waals surface area contributed by atoms with Crippen molar-refractivity contribution >= 4 is 28.4 Å². The molecule has 23 heavy (non-hydrogen) atoms. The number of primary amides is 1. The zero-order chi connectivity index (χ0) is 16.1. The number of hydrogen-bond donors (Lipinski definition) is 2. The van der Waals surface area contributed by atoms with E-state index in [2.05, 4.69) is 15.3 Å². The summed E-state index contributed by atoms with van der Waals surface area (Å²) < 4.78 is 1.90. The molecule has 0 unspecified atom stereocenters. The molecule has 0 spiro atoms. The number of carbonyl (C=O) groups excluding carboxylic acids is 1. The molecule has 1 aliphatic heterocycles. The average molecular weight is 330 g/mol. The Morgan fingerprint density at radius 1 is 1.39 bits per heavy atom. The number of rotatable bonds is 2. The molecule has 7 heteroatoms. The van der Waals surface area contributed by atoms with E-state index in [4.69, 9.17) is 17.3 Å². The highest BCUT2D eigenvalue weighted by Crippen LogP contribution is 2.34. The lowest BCUT2D eigenvalue weighted by molar-refractivity contribution is 0.0999. The van der Waals surface area contributed by atoms with E-state index < -0.39 is 5.91 Å². The van der Waals surface area contributed by atoms with Crippen molar-refractivity contribution in [1.82, 2.24) is 20.0 Å². The Hall–Kier alpha value is -2.34. The van der Waals surface area contributed by atoms with E-state index in [0.717, 1.165) is 53.7 Å². The van der Waals surface area contributed by atoms with E-state index in [-0.39, 0.29) is 0 Å². The maximum absolute atomic E-state index is 12.0. The smallest absolute Gasteiger partial charge is 0.252 e. The third-order valence-electron chi connectivity index (χ3n) is 4.43. The molecule has 1 aliphatic rings. The van der Waals surface area contributed by atoms with Crippen molar-refractivity contribution in [1.29, 1.82) is 0 Å². The molecule has 3 N–H and O–H groups in total. The standard InChI is InChI=1S/C16H16ClN5O/c1-8-10-6-9(7-11(17)15(10)20-19-8)14-13(16(18)23)12-4-2-3-5-22(12)21-14/h6-7H,2-5H2,1H3,(H2,18,23)(H,19,20). The minimum atomic E-state index is -0.441. The second kappa shape index (κ2) is 5.09. The number of nitrogens with one attached hydrogen (secondary N) is 1. The fourth-order valence-corrected chi connectivity index (χ4v) is 3.55. The lowest BCUT2D eigenvalue weighted by Crippen LogP contribution is -2.17. The monoisotopic (exact) mass is 329 g/mol. The molecule has 4 rings (SSSR count). The first-order valence-corrected chi connectivity index (χ1v) is 7.98. The van der Waals surface area contributed by atoms with Crippen LogP contribution in [0.25, 0.3) is 22.2 Å². The van der Waals surface area contributed by atoms with Gasteiger partial charge in [-0.25, -0.2) is 0 Å². The van der Waals surface area contributed by atoms with Crippen LogP contribution in [-0.2, 0) is 13.0 Å². The van der Waals surface area contributed by atoms with Gasteiger partial charge in [-0.05, 0) is 38.3 Å². The van der Waals surface area contributed by atoms with Crippen LogP contribution in [-0.4, -0.2) is 25.9 Å². The number of nitrogens with zero attached hydrogens (tertiary/aromatic N) is 3. The topological polar surface area (TPSA) is 89.6 Å². The number of halogens is 1. The number of nitrogens with two attached hydrogens (primary N) is 1. The summed E-state index contributed by atoms with van der Waals surface area (Å²) >= 11 is 6.36. The van der Waals surface area contributed by atoms with E-state index in [1.54, 1.807) is 0 Å². The Morgan fingerprint density at radius 2 is 2.22 bits per heavy atom. The summed E-state index contributed by atoms with van der Waals surface area (Å²) in [4.78, 5) is 12.0. The first-order chi connectivity index (χ1) is 11.1. The fraction of sp³-hybridized carbons (Fsp3) is 0.312. The highest BCUT2D eigenvalue weighted by Gasteiger charge is 2.25. The van der Waals surface area contributed by atoms with Crippen LogP contribution in [0.15, 0.2) is 12.1 Å². The lowest BCUT2D eigenvalue weighted by Gasteiger charge is -2.13. The predicted molar refractivity (Wildman–Crippen MR) is 88.5 cm³/mol. The average Bonchev–Trinajstić information content (AvgIpc) is 3.09. The molecule has 118 valence electrons. The third kappa shape index (κ3) is 2.13. The minimum absolute atomic E-state index is 0.441. The van der Waals surface area contributed by atoms with Gasteiger partial charge in [-0.3, -0.25) is 14.6 Å². The molecule has 0 saturated heterocycles. The molecule has 0 saturated carbocycles. The molecule has 0 radical (unpaired) electrons. The zero-order valence-corrected chi connectivity index (χ0v) is 13.4. The lowest BCUT2D eigenvalue weighted by atomic mass is 10.00. The van der Waals surface area contributed by atoms with Gasteiger partial charge in [0.25, 0.3) is 5.91 Å². The molecule has 0 atom stereocenters. The molecule has 0 bridgehead atoms. The van der Waals surface area contributed by atoms with Crippen LogP contribution in [0.4, 0.5) is 0 Å². The van der Waals surface area contributed by atoms with Gasteiger partial charge in [0.05, 0.1) is 27.5 Å². The zero-order valence-electron chi connectivity index (χ0n) is 12.7. The van der Waals surface area contributed by atoms with Gasteiger partial charge in [0.1, 0.15) is 5.69 Å². The van der Waals surface area contributed by atoms with Gasteiger partial charge in [0.2, 0.25) is 0 Å². The maximum atomic E-state index is 12.0. The van der Waals surface area contributed by atoms with E-state index in [1.165, 1.54) is 0 Å². The number of amides is 1. The summed E-state index contributed by atoms with van der Waals surface area (Å²) in [5.41, 5.74) is 10.1. The summed E-state index contributed by atoms with van der Waals surface area (Å²) in [7, 11) is 0. The van der Waals surface area contributed by atoms with E-state index >= 15 is 0 Å². The molecule has 1 aromatic carbocycles. The number of aromatic nitrogens is 4. The van der Waals surface area contributed by atoms with Crippen molar-refractivity contribution in [2.24, 2.45) is 5.73 Å². The second-order valence-corrected chi connectivity index (χ2v) is 6.31. The SMILES string of the molecule is Cc1n[nH]c2c(Cl)cc(-c3nn4c(c3C(N)=O)CCCC4)cc12. The highest BCUT2D eigenvalue weighted by atomic mass is 35.5. The van der Waals surface area contributed by atoms with Crippen molar-refractivity contribution in [2.45, 2.75) is 32.7 Å². The summed E-state index contributed by atoms with van der Waals surface area (Å²) in [6, 6.07) is 3.77. The molecule has 0 fully saturated rings. The van der Waals surface area contributed by atoms with Gasteiger partial charge in [0.15, 0.2) is 0 Å². The fourth-order valence-electron chi connectivity index (χ4n) is 3.29. The number of benzene rings is 1. The van der Waals surface area contributed by atoms with E-state index in [0.29, 0.717) is 16.3 Å². The maximum Gasteiger partial charge on any atom is 0.252 e. The van der Waals surface area contributed by atoms with Gasteiger partial charge >= 0.3 is 0 Å². The number of aryl methyl sites for hydroxylation is 2. The Labute approximate surface area is 137 Å². The Balaban J connectivity index is 1.99. The number of H-pyrrole nitrogens is 1. The first-order valence-electron chi connectivity index (χ1n) is 7.60. The molecular formula is C16H16ClN5O. The Morgan fingerprint density at radius 3 is 3.00 bits per heavy atom. The van der Waals surface area contributed by atoms with Crippen molar-refractivity contribution in [3.8, 4) is 11.3 Å². The van der Waals surface area contributed by atoms with Gasteiger partial charge in [-0.2, -0.15) is 10.2 Å². The van der Waals surface area contributed by atoms with Gasteiger partial charge < -0.3 is 5.73 Å². The number of carbonyl (C=O) groups is 1. The summed E-state index contributed by atoms with van der Waals surface area (Å²) in [5.74, 6) is -0.441. The van der Waals surface area contributed by atoms with Crippen molar-refractivity contribution in [3.63, 3.8) is 0 Å². The number of fused-ring (bicyclic) bond motifs is 2. The Kier molecular flexibility index (Phi) is 3.16. The molecule has 0 aliphatic carbocycles. The molecule has 2 aromatic heterocycles. The van der Waals surface area contributed by atoms with Crippen LogP contribution in [0.1, 0.15) is 34.6 Å². The van der Waals surface area contributed by atoms with Crippen LogP contribution in [0.5, 0.6) is 0 Å². The third-order valence-corrected chi connectivity index (χ3v) is 4.72. The van der Waals surface area contributed by atoms with Crippen LogP contribution in [0, 0.1) is 6.92 Å². The molecular weight excluding hydrogens is 314 g/mol. The van der Waals surface area contributed by atoms with Gasteiger partial charge in [0, 0.05) is 17.5 Å². The summed E-state index contributed by atoms with van der Waals surface area (Å²) in [5, 5.41) is 13.2. The predicted octanol–water partition coefficient (Wildman–Crippen LogP) is 2.82. The Bertz CT molecular complexity index is 940. The van der Waals surface area contributed by atoms with Gasteiger partial charge in [-0.15, -0.1) is 0 Å². The van der Waals surface area contributed by atoms with Crippen molar-refractivity contribution < 1.29 is 4.79 Å². The van der Waals surface area contributed by atoms with Crippen LogP contribution >= 0.6 is 11.6 Å². The second-order valence-electron chi connectivity index (χ2n) is 5.90. The molecule has 6 nitrogen and oxygen atoms in total. The largest absolute Gasteiger partial charge is 0.365 e. The quantitative estimate of drug-likeness (QED) is 0.757. The van der Waals surface area contributed by atoms with Crippen molar-refractivity contribution in [2.75, 3.05) is 0 Å². The molecule has 3 heterocycles. The van der Waals surface area contributed by atoms with Gasteiger partial charge in [-0.1, -0.05) is 11.6 Å². The summed E-state index contributed by atoms with van der Waals surface area (Å²) in [6.07, 6.45) is 2.94. The normalized spacial score (nSPS) is 14.2. The molecule has 3 aromatic rings. The minimum Gasteiger partial charge on any atom is -0.365 e.